The van der Waals surface area contributed by atoms with Crippen molar-refractivity contribution in [2.75, 3.05) is 0 Å². The lowest BCUT2D eigenvalue weighted by atomic mass is 9.96. The molecular weight excluding hydrogens is 242 g/mol. The maximum absolute atomic E-state index is 12.2. The van der Waals surface area contributed by atoms with Crippen molar-refractivity contribution in [1.29, 1.82) is 0 Å². The summed E-state index contributed by atoms with van der Waals surface area (Å²) >= 11 is 0. The Hall–Kier alpha value is -1.84. The molecule has 19 heavy (non-hydrogen) atoms. The number of carboxylic acids is 1. The summed E-state index contributed by atoms with van der Waals surface area (Å²) in [5, 5.41) is 11.9. The molecule has 1 aliphatic carbocycles. The van der Waals surface area contributed by atoms with E-state index in [1.54, 1.807) is 24.3 Å². The molecule has 2 unspecified atom stereocenters. The van der Waals surface area contributed by atoms with Crippen LogP contribution in [0.15, 0.2) is 30.3 Å². The van der Waals surface area contributed by atoms with Gasteiger partial charge in [-0.25, -0.2) is 4.79 Å². The normalized spacial score (nSPS) is 23.8. The van der Waals surface area contributed by atoms with Gasteiger partial charge >= 0.3 is 5.97 Å². The van der Waals surface area contributed by atoms with Crippen LogP contribution in [0.2, 0.25) is 0 Å². The highest BCUT2D eigenvalue weighted by molar-refractivity contribution is 5.86. The summed E-state index contributed by atoms with van der Waals surface area (Å²) in [5.41, 5.74) is 0.606. The lowest BCUT2D eigenvalue weighted by Crippen LogP contribution is -2.38. The van der Waals surface area contributed by atoms with Gasteiger partial charge in [0.2, 0.25) is 5.91 Å². The second-order valence-corrected chi connectivity index (χ2v) is 5.21. The van der Waals surface area contributed by atoms with Crippen LogP contribution in [0.25, 0.3) is 0 Å². The quantitative estimate of drug-likeness (QED) is 0.874. The van der Waals surface area contributed by atoms with E-state index in [-0.39, 0.29) is 11.8 Å². The molecule has 0 heterocycles. The summed E-state index contributed by atoms with van der Waals surface area (Å²) < 4.78 is 0. The van der Waals surface area contributed by atoms with Gasteiger partial charge in [0.1, 0.15) is 0 Å². The number of hydrogen-bond acceptors (Lipinski definition) is 2. The molecule has 1 saturated carbocycles. The van der Waals surface area contributed by atoms with Crippen LogP contribution >= 0.6 is 0 Å². The molecule has 0 saturated heterocycles. The standard InChI is InChI=1S/C15H19NO3/c1-10-6-5-9-12(10)14(17)16-13(15(18)19)11-7-3-2-4-8-11/h2-4,7-8,10,12-13H,5-6,9H2,1H3,(H,16,17)(H,18,19)/t10?,12?,13-/m1/s1. The first-order chi connectivity index (χ1) is 9.09. The van der Waals surface area contributed by atoms with E-state index in [4.69, 9.17) is 0 Å². The molecule has 1 aromatic carbocycles. The van der Waals surface area contributed by atoms with Crippen molar-refractivity contribution in [3.63, 3.8) is 0 Å². The predicted octanol–water partition coefficient (Wildman–Crippen LogP) is 2.36. The maximum atomic E-state index is 12.2. The van der Waals surface area contributed by atoms with Gasteiger partial charge in [-0.2, -0.15) is 0 Å². The Morgan fingerprint density at radius 2 is 1.95 bits per heavy atom. The van der Waals surface area contributed by atoms with Gasteiger partial charge in [-0.15, -0.1) is 0 Å². The molecule has 3 atom stereocenters. The first kappa shape index (κ1) is 13.6. The van der Waals surface area contributed by atoms with E-state index in [0.717, 1.165) is 19.3 Å². The number of hydrogen-bond donors (Lipinski definition) is 2. The van der Waals surface area contributed by atoms with Crippen LogP contribution in [0.1, 0.15) is 37.8 Å². The van der Waals surface area contributed by atoms with E-state index in [9.17, 15) is 14.7 Å². The molecule has 0 bridgehead atoms. The average Bonchev–Trinajstić information content (AvgIpc) is 2.82. The number of benzene rings is 1. The Balaban J connectivity index is 2.09. The fourth-order valence-electron chi connectivity index (χ4n) is 2.72. The molecule has 2 N–H and O–H groups in total. The van der Waals surface area contributed by atoms with Crippen LogP contribution in [0.5, 0.6) is 0 Å². The molecule has 0 radical (unpaired) electrons. The molecule has 1 aliphatic rings. The van der Waals surface area contributed by atoms with Crippen molar-refractivity contribution in [3.05, 3.63) is 35.9 Å². The van der Waals surface area contributed by atoms with Crippen LogP contribution in [-0.4, -0.2) is 17.0 Å². The minimum Gasteiger partial charge on any atom is -0.479 e. The Morgan fingerprint density at radius 3 is 2.47 bits per heavy atom. The highest BCUT2D eigenvalue weighted by Crippen LogP contribution is 2.31. The molecule has 1 fully saturated rings. The number of carbonyl (C=O) groups is 2. The fourth-order valence-corrected chi connectivity index (χ4v) is 2.72. The fraction of sp³-hybridized carbons (Fsp3) is 0.467. The molecule has 0 spiro atoms. The third kappa shape index (κ3) is 3.13. The number of aliphatic carboxylic acids is 1. The summed E-state index contributed by atoms with van der Waals surface area (Å²) in [7, 11) is 0. The second-order valence-electron chi connectivity index (χ2n) is 5.21. The Kier molecular flexibility index (Phi) is 4.20. The van der Waals surface area contributed by atoms with Crippen LogP contribution in [0.4, 0.5) is 0 Å². The van der Waals surface area contributed by atoms with Crippen LogP contribution < -0.4 is 5.32 Å². The molecule has 2 rings (SSSR count). The Bertz CT molecular complexity index is 458. The molecule has 4 heteroatoms. The van der Waals surface area contributed by atoms with Gasteiger partial charge in [0.15, 0.2) is 6.04 Å². The number of amides is 1. The number of rotatable bonds is 4. The zero-order valence-corrected chi connectivity index (χ0v) is 11.0. The van der Waals surface area contributed by atoms with E-state index < -0.39 is 12.0 Å². The average molecular weight is 261 g/mol. The second kappa shape index (κ2) is 5.87. The zero-order chi connectivity index (χ0) is 13.8. The Morgan fingerprint density at radius 1 is 1.26 bits per heavy atom. The molecule has 1 aromatic rings. The monoisotopic (exact) mass is 261 g/mol. The van der Waals surface area contributed by atoms with Crippen molar-refractivity contribution in [2.45, 2.75) is 32.2 Å². The minimum absolute atomic E-state index is 0.0504. The van der Waals surface area contributed by atoms with Crippen molar-refractivity contribution in [2.24, 2.45) is 11.8 Å². The zero-order valence-electron chi connectivity index (χ0n) is 11.0. The smallest absolute Gasteiger partial charge is 0.330 e. The molecule has 102 valence electrons. The molecule has 0 aromatic heterocycles. The molecular formula is C15H19NO3. The number of carbonyl (C=O) groups excluding carboxylic acids is 1. The largest absolute Gasteiger partial charge is 0.479 e. The van der Waals surface area contributed by atoms with Crippen molar-refractivity contribution >= 4 is 11.9 Å². The van der Waals surface area contributed by atoms with E-state index in [1.165, 1.54) is 0 Å². The minimum atomic E-state index is -1.02. The molecule has 0 aliphatic heterocycles. The highest BCUT2D eigenvalue weighted by Gasteiger charge is 2.32. The van der Waals surface area contributed by atoms with Crippen LogP contribution in [-0.2, 0) is 9.59 Å². The number of nitrogens with one attached hydrogen (secondary N) is 1. The molecule has 1 amide bonds. The van der Waals surface area contributed by atoms with Gasteiger partial charge in [0, 0.05) is 5.92 Å². The van der Waals surface area contributed by atoms with Crippen LogP contribution in [0.3, 0.4) is 0 Å². The van der Waals surface area contributed by atoms with Crippen molar-refractivity contribution in [1.82, 2.24) is 5.32 Å². The summed E-state index contributed by atoms with van der Waals surface area (Å²) in [4.78, 5) is 23.5. The van der Waals surface area contributed by atoms with E-state index in [1.807, 2.05) is 6.07 Å². The van der Waals surface area contributed by atoms with Crippen molar-refractivity contribution < 1.29 is 14.7 Å². The topological polar surface area (TPSA) is 66.4 Å². The first-order valence-corrected chi connectivity index (χ1v) is 6.67. The summed E-state index contributed by atoms with van der Waals surface area (Å²) in [6.45, 7) is 2.05. The lowest BCUT2D eigenvalue weighted by molar-refractivity contribution is -0.142. The van der Waals surface area contributed by atoms with Crippen LogP contribution in [0, 0.1) is 11.8 Å². The summed E-state index contributed by atoms with van der Waals surface area (Å²) in [6.07, 6.45) is 2.94. The summed E-state index contributed by atoms with van der Waals surface area (Å²) in [6, 6.07) is 7.85. The summed E-state index contributed by atoms with van der Waals surface area (Å²) in [5.74, 6) is -0.873. The van der Waals surface area contributed by atoms with Gasteiger partial charge < -0.3 is 10.4 Å². The van der Waals surface area contributed by atoms with E-state index in [0.29, 0.717) is 11.5 Å². The van der Waals surface area contributed by atoms with E-state index in [2.05, 4.69) is 12.2 Å². The van der Waals surface area contributed by atoms with Crippen molar-refractivity contribution in [3.8, 4) is 0 Å². The van der Waals surface area contributed by atoms with Gasteiger partial charge in [-0.1, -0.05) is 43.7 Å². The van der Waals surface area contributed by atoms with Gasteiger partial charge in [0.05, 0.1) is 0 Å². The highest BCUT2D eigenvalue weighted by atomic mass is 16.4. The number of carboxylic acid groups (broad SMARTS) is 1. The molecule has 4 nitrogen and oxygen atoms in total. The maximum Gasteiger partial charge on any atom is 0.330 e. The third-order valence-corrected chi connectivity index (χ3v) is 3.86. The van der Waals surface area contributed by atoms with Gasteiger partial charge in [-0.05, 0) is 24.3 Å². The van der Waals surface area contributed by atoms with Gasteiger partial charge in [0.25, 0.3) is 0 Å². The predicted molar refractivity (Wildman–Crippen MR) is 71.5 cm³/mol. The first-order valence-electron chi connectivity index (χ1n) is 6.67. The van der Waals surface area contributed by atoms with E-state index >= 15 is 0 Å². The Labute approximate surface area is 112 Å². The lowest BCUT2D eigenvalue weighted by Gasteiger charge is -2.20. The van der Waals surface area contributed by atoms with Gasteiger partial charge in [-0.3, -0.25) is 4.79 Å². The SMILES string of the molecule is CC1CCCC1C(=O)N[C@@H](C(=O)O)c1ccccc1. The third-order valence-electron chi connectivity index (χ3n) is 3.86.